The summed E-state index contributed by atoms with van der Waals surface area (Å²) in [6.07, 6.45) is -5.46. The van der Waals surface area contributed by atoms with E-state index in [4.69, 9.17) is 4.74 Å². The molecule has 2 aromatic rings. The van der Waals surface area contributed by atoms with Crippen molar-refractivity contribution in [3.63, 3.8) is 0 Å². The number of alkyl halides is 3. The molecule has 37 heavy (non-hydrogen) atoms. The van der Waals surface area contributed by atoms with Gasteiger partial charge in [-0.3, -0.25) is 24.3 Å². The normalized spacial score (nSPS) is 21.9. The Labute approximate surface area is 206 Å². The number of fused-ring (bicyclic) bond motifs is 1. The largest absolute Gasteiger partial charge is 0.481 e. The lowest BCUT2D eigenvalue weighted by Gasteiger charge is -2.40. The lowest BCUT2D eigenvalue weighted by atomic mass is 9.98. The Morgan fingerprint density at radius 1 is 1.08 bits per heavy atom. The molecule has 2 atom stereocenters. The Kier molecular flexibility index (Phi) is 5.80. The maximum Gasteiger partial charge on any atom is 0.416 e. The molecule has 1 N–H and O–H groups in total. The maximum atomic E-state index is 15.2. The highest BCUT2D eigenvalue weighted by molar-refractivity contribution is 6.12. The van der Waals surface area contributed by atoms with Crippen molar-refractivity contribution in [3.8, 4) is 0 Å². The van der Waals surface area contributed by atoms with Crippen molar-refractivity contribution in [3.05, 3.63) is 58.9 Å². The van der Waals surface area contributed by atoms with Gasteiger partial charge in [0, 0.05) is 0 Å². The maximum absolute atomic E-state index is 15.2. The van der Waals surface area contributed by atoms with Crippen LogP contribution in [0.15, 0.2) is 36.4 Å². The van der Waals surface area contributed by atoms with E-state index >= 15 is 4.39 Å². The number of urea groups is 1. The van der Waals surface area contributed by atoms with Crippen molar-refractivity contribution in [1.82, 2.24) is 4.90 Å². The van der Waals surface area contributed by atoms with Crippen LogP contribution in [0.3, 0.4) is 0 Å². The Bertz CT molecular complexity index is 1330. The SMILES string of the molecule is O=C(O)C1CN(c2ccc(N3CCOC3=O)cc2F)C(=O)N([C@@H]2CCc3c2cccc3C(F)(F)F)C1=O. The summed E-state index contributed by atoms with van der Waals surface area (Å²) in [5, 5.41) is 9.67. The van der Waals surface area contributed by atoms with E-state index in [9.17, 15) is 37.5 Å². The van der Waals surface area contributed by atoms with E-state index in [1.54, 1.807) is 0 Å². The van der Waals surface area contributed by atoms with Gasteiger partial charge < -0.3 is 9.84 Å². The number of imide groups is 1. The molecule has 0 aromatic heterocycles. The van der Waals surface area contributed by atoms with Crippen molar-refractivity contribution >= 4 is 35.4 Å². The molecule has 0 bridgehead atoms. The monoisotopic (exact) mass is 521 g/mol. The molecule has 2 heterocycles. The third-order valence-corrected chi connectivity index (χ3v) is 6.79. The molecule has 194 valence electrons. The molecule has 0 spiro atoms. The lowest BCUT2D eigenvalue weighted by molar-refractivity contribution is -0.151. The van der Waals surface area contributed by atoms with Gasteiger partial charge in [-0.05, 0) is 48.2 Å². The predicted molar refractivity (Wildman–Crippen MR) is 118 cm³/mol. The fourth-order valence-corrected chi connectivity index (χ4v) is 5.08. The van der Waals surface area contributed by atoms with Gasteiger partial charge in [0.25, 0.3) is 0 Å². The smallest absolute Gasteiger partial charge is 0.416 e. The number of cyclic esters (lactones) is 1. The van der Waals surface area contributed by atoms with Gasteiger partial charge in [0.1, 0.15) is 12.4 Å². The molecule has 4 amide bonds. The van der Waals surface area contributed by atoms with Gasteiger partial charge >= 0.3 is 24.3 Å². The summed E-state index contributed by atoms with van der Waals surface area (Å²) in [5.74, 6) is -5.37. The van der Waals surface area contributed by atoms with Gasteiger partial charge in [-0.2, -0.15) is 13.2 Å². The van der Waals surface area contributed by atoms with Gasteiger partial charge in [-0.15, -0.1) is 0 Å². The molecule has 1 unspecified atom stereocenters. The number of amides is 4. The second-order valence-electron chi connectivity index (χ2n) is 8.82. The molecule has 5 rings (SSSR count). The number of anilines is 2. The lowest BCUT2D eigenvalue weighted by Crippen LogP contribution is -2.59. The third kappa shape index (κ3) is 4.03. The van der Waals surface area contributed by atoms with E-state index < -0.39 is 60.1 Å². The van der Waals surface area contributed by atoms with E-state index in [1.807, 2.05) is 0 Å². The van der Waals surface area contributed by atoms with Crippen LogP contribution in [0.4, 0.5) is 38.5 Å². The number of carboxylic acids is 1. The molecule has 0 radical (unpaired) electrons. The van der Waals surface area contributed by atoms with Crippen LogP contribution in [-0.2, 0) is 26.9 Å². The van der Waals surface area contributed by atoms with Crippen molar-refractivity contribution in [2.45, 2.75) is 25.1 Å². The number of aliphatic carboxylic acids is 1. The molecule has 1 aliphatic carbocycles. The first-order valence-corrected chi connectivity index (χ1v) is 11.3. The molecule has 3 aliphatic rings. The number of hydrogen-bond donors (Lipinski definition) is 1. The van der Waals surface area contributed by atoms with Gasteiger partial charge in [-0.25, -0.2) is 14.0 Å². The third-order valence-electron chi connectivity index (χ3n) is 6.79. The molecule has 9 nitrogen and oxygen atoms in total. The summed E-state index contributed by atoms with van der Waals surface area (Å²) in [5.41, 5.74) is -1.06. The van der Waals surface area contributed by atoms with Crippen LogP contribution in [0, 0.1) is 11.7 Å². The summed E-state index contributed by atoms with van der Waals surface area (Å²) in [4.78, 5) is 52.9. The second-order valence-corrected chi connectivity index (χ2v) is 8.82. The fraction of sp³-hybridized carbons (Fsp3) is 0.333. The van der Waals surface area contributed by atoms with Gasteiger partial charge in [0.2, 0.25) is 5.91 Å². The number of carboxylic acid groups (broad SMARTS) is 1. The quantitative estimate of drug-likeness (QED) is 0.482. The number of halogens is 4. The average molecular weight is 521 g/mol. The molecule has 2 aliphatic heterocycles. The highest BCUT2D eigenvalue weighted by Gasteiger charge is 2.49. The number of hydrogen-bond acceptors (Lipinski definition) is 5. The van der Waals surface area contributed by atoms with Crippen LogP contribution in [-0.4, -0.2) is 53.7 Å². The Morgan fingerprint density at radius 3 is 2.46 bits per heavy atom. The van der Waals surface area contributed by atoms with Crippen LogP contribution in [0.2, 0.25) is 0 Å². The van der Waals surface area contributed by atoms with E-state index in [0.717, 1.165) is 23.1 Å². The second kappa shape index (κ2) is 8.75. The zero-order chi connectivity index (χ0) is 26.6. The summed E-state index contributed by atoms with van der Waals surface area (Å²) in [7, 11) is 0. The summed E-state index contributed by atoms with van der Waals surface area (Å²) in [6.45, 7) is -0.374. The number of rotatable bonds is 4. The molecule has 0 saturated carbocycles. The molecule has 2 aromatic carbocycles. The number of nitrogens with zero attached hydrogens (tertiary/aromatic N) is 3. The first-order valence-electron chi connectivity index (χ1n) is 11.3. The van der Waals surface area contributed by atoms with Gasteiger partial charge in [0.05, 0.1) is 36.1 Å². The van der Waals surface area contributed by atoms with E-state index in [2.05, 4.69) is 0 Å². The summed E-state index contributed by atoms with van der Waals surface area (Å²) in [6, 6.07) is 4.72. The number of carbonyl (C=O) groups excluding carboxylic acids is 3. The van der Waals surface area contributed by atoms with Crippen LogP contribution < -0.4 is 9.80 Å². The van der Waals surface area contributed by atoms with Gasteiger partial charge in [0.15, 0.2) is 5.92 Å². The fourth-order valence-electron chi connectivity index (χ4n) is 5.08. The molecule has 2 fully saturated rings. The van der Waals surface area contributed by atoms with E-state index in [-0.39, 0.29) is 48.5 Å². The average Bonchev–Trinajstić information content (AvgIpc) is 3.45. The summed E-state index contributed by atoms with van der Waals surface area (Å²) < 4.78 is 60.6. The zero-order valence-electron chi connectivity index (χ0n) is 19.0. The molecular weight excluding hydrogens is 502 g/mol. The highest BCUT2D eigenvalue weighted by atomic mass is 19.4. The Hall–Kier alpha value is -4.16. The highest BCUT2D eigenvalue weighted by Crippen LogP contribution is 2.44. The van der Waals surface area contributed by atoms with Gasteiger partial charge in [-0.1, -0.05) is 12.1 Å². The van der Waals surface area contributed by atoms with E-state index in [1.165, 1.54) is 23.1 Å². The van der Waals surface area contributed by atoms with Crippen molar-refractivity contribution in [1.29, 1.82) is 0 Å². The van der Waals surface area contributed by atoms with Crippen molar-refractivity contribution in [2.75, 3.05) is 29.5 Å². The predicted octanol–water partition coefficient (Wildman–Crippen LogP) is 3.96. The number of carbonyl (C=O) groups is 4. The molecule has 2 saturated heterocycles. The van der Waals surface area contributed by atoms with Crippen molar-refractivity contribution in [2.24, 2.45) is 5.92 Å². The van der Waals surface area contributed by atoms with Crippen LogP contribution >= 0.6 is 0 Å². The van der Waals surface area contributed by atoms with Crippen LogP contribution in [0.1, 0.15) is 29.2 Å². The van der Waals surface area contributed by atoms with Crippen LogP contribution in [0.25, 0.3) is 0 Å². The van der Waals surface area contributed by atoms with E-state index in [0.29, 0.717) is 4.90 Å². The topological polar surface area (TPSA) is 107 Å². The summed E-state index contributed by atoms with van der Waals surface area (Å²) >= 11 is 0. The van der Waals surface area contributed by atoms with Crippen molar-refractivity contribution < 1.29 is 46.6 Å². The first kappa shape index (κ1) is 24.5. The first-order chi connectivity index (χ1) is 17.5. The minimum absolute atomic E-state index is 0.0431. The Morgan fingerprint density at radius 2 is 1.84 bits per heavy atom. The Balaban J connectivity index is 1.53. The van der Waals surface area contributed by atoms with Crippen LogP contribution in [0.5, 0.6) is 0 Å². The number of ether oxygens (including phenoxy) is 1. The molecule has 13 heteroatoms. The standard InChI is InChI=1S/C24H19F4N3O6/c25-17-10-12(29-8-9-37-23(29)36)4-6-19(17)30-11-15(21(33)34)20(32)31(22(30)35)18-7-5-13-14(18)2-1-3-16(13)24(26,27)28/h1-4,6,10,15,18H,5,7-9,11H2,(H,33,34)/t15?,18-/m1/s1. The zero-order valence-corrected chi connectivity index (χ0v) is 19.0. The number of benzene rings is 2. The minimum Gasteiger partial charge on any atom is -0.481 e. The molecular formula is C24H19F4N3O6. The minimum atomic E-state index is -4.65.